The van der Waals surface area contributed by atoms with Crippen LogP contribution in [-0.4, -0.2) is 45.1 Å². The van der Waals surface area contributed by atoms with E-state index in [2.05, 4.69) is 19.9 Å². The van der Waals surface area contributed by atoms with Crippen LogP contribution in [0.1, 0.15) is 90.0 Å². The Morgan fingerprint density at radius 2 is 1.08 bits per heavy atom. The molecule has 0 unspecified atom stereocenters. The number of ether oxygens (including phenoxy) is 2. The van der Waals surface area contributed by atoms with E-state index in [0.29, 0.717) is 55.8 Å². The van der Waals surface area contributed by atoms with Crippen molar-refractivity contribution in [3.63, 3.8) is 0 Å². The second kappa shape index (κ2) is 18.4. The Balaban J connectivity index is 0.000000229. The van der Waals surface area contributed by atoms with E-state index >= 15 is 0 Å². The molecule has 0 spiro atoms. The molecular weight excluding hydrogens is 739 g/mol. The third-order valence-corrected chi connectivity index (χ3v) is 8.72. The zero-order valence-corrected chi connectivity index (χ0v) is 29.6. The molecule has 0 saturated heterocycles. The average molecular weight is 775 g/mol. The molecule has 0 aliphatic heterocycles. The highest BCUT2D eigenvalue weighted by Crippen LogP contribution is 2.47. The van der Waals surface area contributed by atoms with Crippen LogP contribution in [-0.2, 0) is 26.8 Å². The Bertz CT molecular complexity index is 1850. The van der Waals surface area contributed by atoms with Crippen molar-refractivity contribution in [2.75, 3.05) is 13.2 Å². The third-order valence-electron chi connectivity index (χ3n) is 8.53. The summed E-state index contributed by atoms with van der Waals surface area (Å²) < 4.78 is 89.3. The molecule has 2 aliphatic carbocycles. The molecule has 2 aromatic carbocycles. The summed E-state index contributed by atoms with van der Waals surface area (Å²) >= 11 is 5.42. The number of rotatable bonds is 8. The Morgan fingerprint density at radius 3 is 1.48 bits per heavy atom. The summed E-state index contributed by atoms with van der Waals surface area (Å²) in [5.74, 6) is -6.54. The van der Waals surface area contributed by atoms with Crippen LogP contribution in [0.2, 0.25) is 5.28 Å². The number of nitrogens with zero attached hydrogens (tertiary/aromatic N) is 4. The van der Waals surface area contributed by atoms with Crippen molar-refractivity contribution in [2.45, 2.75) is 69.7 Å². The maximum Gasteiger partial charge on any atom is 0.341 e. The quantitative estimate of drug-likeness (QED) is 0.0822. The number of hydrogen-bond acceptors (Lipinski definition) is 9. The summed E-state index contributed by atoms with van der Waals surface area (Å²) in [7, 11) is 0. The molecule has 2 heterocycles. The van der Waals surface area contributed by atoms with E-state index in [1.165, 1.54) is 24.8 Å². The summed E-state index contributed by atoms with van der Waals surface area (Å²) in [6.07, 6.45) is 9.93. The van der Waals surface area contributed by atoms with Gasteiger partial charge in [0.25, 0.3) is 0 Å². The fraction of sp³-hybridized carbons (Fsp3) is 0.371. The number of halogens is 8. The van der Waals surface area contributed by atoms with E-state index in [-0.39, 0.29) is 47.4 Å². The first kappa shape index (κ1) is 42.1. The number of hydrogen-bond donors (Lipinski definition) is 1. The maximum atomic E-state index is 14.2. The van der Waals surface area contributed by atoms with Gasteiger partial charge in [0.05, 0.1) is 24.3 Å². The highest BCUT2D eigenvalue weighted by atomic mass is 35.5. The summed E-state index contributed by atoms with van der Waals surface area (Å²) in [5, 5.41) is 0.114. The van der Waals surface area contributed by atoms with Gasteiger partial charge in [-0.3, -0.25) is 0 Å². The molecule has 2 N–H and O–H groups in total. The molecule has 2 aromatic heterocycles. The lowest BCUT2D eigenvalue weighted by Gasteiger charge is -2.42. The SMILES string of the molecule is CCOC(=O)c1cnc(CC2(c3cc(F)c(F)cc3F)CCC2)nc1.CCOC(=O)c1cnc(Cl)nc1.Cl.NC1(c2cc(F)c(F)cc2F)CCC1. The van der Waals surface area contributed by atoms with Crippen molar-refractivity contribution < 1.29 is 45.4 Å². The monoisotopic (exact) mass is 773 g/mol. The molecule has 17 heteroatoms. The Hall–Kier alpha value is -4.34. The number of carbonyl (C=O) groups is 2. The zero-order chi connectivity index (χ0) is 37.3. The van der Waals surface area contributed by atoms with Gasteiger partial charge < -0.3 is 15.2 Å². The predicted octanol–water partition coefficient (Wildman–Crippen LogP) is 7.91. The van der Waals surface area contributed by atoms with Crippen molar-refractivity contribution in [1.82, 2.24) is 19.9 Å². The van der Waals surface area contributed by atoms with E-state index < -0.39 is 57.8 Å². The fourth-order valence-electron chi connectivity index (χ4n) is 5.51. The number of carbonyl (C=O) groups excluding carboxylic acids is 2. The first-order chi connectivity index (χ1) is 24.2. The van der Waals surface area contributed by atoms with Crippen LogP contribution in [0.5, 0.6) is 0 Å². The zero-order valence-electron chi connectivity index (χ0n) is 28.0. The summed E-state index contributed by atoms with van der Waals surface area (Å²) in [6.45, 7) is 4.01. The molecule has 0 atom stereocenters. The first-order valence-electron chi connectivity index (χ1n) is 15.9. The molecule has 0 radical (unpaired) electrons. The second-order valence-electron chi connectivity index (χ2n) is 11.9. The minimum atomic E-state index is -1.20. The van der Waals surface area contributed by atoms with Crippen LogP contribution in [0.25, 0.3) is 0 Å². The van der Waals surface area contributed by atoms with Crippen molar-refractivity contribution in [3.05, 3.63) is 117 Å². The van der Waals surface area contributed by atoms with Crippen LogP contribution < -0.4 is 5.73 Å². The number of aromatic nitrogens is 4. The average Bonchev–Trinajstić information content (AvgIpc) is 3.07. The van der Waals surface area contributed by atoms with Crippen molar-refractivity contribution in [3.8, 4) is 0 Å². The fourth-order valence-corrected chi connectivity index (χ4v) is 5.60. The van der Waals surface area contributed by atoms with E-state index in [4.69, 9.17) is 26.8 Å². The van der Waals surface area contributed by atoms with E-state index in [9.17, 15) is 35.9 Å². The van der Waals surface area contributed by atoms with Gasteiger partial charge in [-0.05, 0) is 75.2 Å². The van der Waals surface area contributed by atoms with Gasteiger partial charge in [0.2, 0.25) is 5.28 Å². The van der Waals surface area contributed by atoms with Gasteiger partial charge in [-0.2, -0.15) is 0 Å². The van der Waals surface area contributed by atoms with Crippen molar-refractivity contribution >= 4 is 35.9 Å². The topological polar surface area (TPSA) is 130 Å². The largest absolute Gasteiger partial charge is 0.462 e. The predicted molar refractivity (Wildman–Crippen MR) is 180 cm³/mol. The van der Waals surface area contributed by atoms with Crippen LogP contribution in [0, 0.1) is 34.9 Å². The van der Waals surface area contributed by atoms with Crippen LogP contribution in [0.3, 0.4) is 0 Å². The van der Waals surface area contributed by atoms with E-state index in [0.717, 1.165) is 25.0 Å². The Kier molecular flexibility index (Phi) is 14.9. The molecule has 2 fully saturated rings. The highest BCUT2D eigenvalue weighted by molar-refractivity contribution is 6.28. The molecule has 4 aromatic rings. The molecule has 2 saturated carbocycles. The number of esters is 2. The minimum absolute atomic E-state index is 0. The van der Waals surface area contributed by atoms with Gasteiger partial charge in [0.1, 0.15) is 17.5 Å². The Morgan fingerprint density at radius 1 is 0.673 bits per heavy atom. The molecule has 0 bridgehead atoms. The lowest BCUT2D eigenvalue weighted by atomic mass is 9.62. The first-order valence-corrected chi connectivity index (χ1v) is 16.3. The van der Waals surface area contributed by atoms with Crippen molar-refractivity contribution in [2.24, 2.45) is 5.73 Å². The van der Waals surface area contributed by atoms with E-state index in [1.54, 1.807) is 13.8 Å². The van der Waals surface area contributed by atoms with Gasteiger partial charge in [-0.25, -0.2) is 55.9 Å². The molecule has 9 nitrogen and oxygen atoms in total. The molecule has 6 rings (SSSR count). The van der Waals surface area contributed by atoms with Gasteiger partial charge >= 0.3 is 11.9 Å². The molecule has 2 aliphatic rings. The third kappa shape index (κ3) is 10.2. The normalized spacial score (nSPS) is 14.8. The van der Waals surface area contributed by atoms with Crippen LogP contribution in [0.15, 0.2) is 49.1 Å². The summed E-state index contributed by atoms with van der Waals surface area (Å²) in [5.41, 5.74) is 5.14. The second-order valence-corrected chi connectivity index (χ2v) is 12.2. The molecule has 280 valence electrons. The smallest absolute Gasteiger partial charge is 0.341 e. The Labute approximate surface area is 306 Å². The van der Waals surface area contributed by atoms with Gasteiger partial charge in [0.15, 0.2) is 23.3 Å². The summed E-state index contributed by atoms with van der Waals surface area (Å²) in [4.78, 5) is 38.2. The molecule has 52 heavy (non-hydrogen) atoms. The summed E-state index contributed by atoms with van der Waals surface area (Å²) in [6, 6.07) is 2.92. The van der Waals surface area contributed by atoms with Crippen LogP contribution >= 0.6 is 24.0 Å². The minimum Gasteiger partial charge on any atom is -0.462 e. The van der Waals surface area contributed by atoms with Crippen LogP contribution in [0.4, 0.5) is 26.3 Å². The lowest BCUT2D eigenvalue weighted by Crippen LogP contribution is -2.44. The lowest BCUT2D eigenvalue weighted by molar-refractivity contribution is 0.0515. The number of nitrogens with two attached hydrogens (primary N) is 1. The maximum absolute atomic E-state index is 14.2. The van der Waals surface area contributed by atoms with E-state index in [1.807, 2.05) is 0 Å². The number of benzene rings is 2. The molecular formula is C35H35Cl2F6N5O4. The molecule has 0 amide bonds. The van der Waals surface area contributed by atoms with Gasteiger partial charge in [-0.15, -0.1) is 12.4 Å². The van der Waals surface area contributed by atoms with Gasteiger partial charge in [-0.1, -0.05) is 6.42 Å². The highest BCUT2D eigenvalue weighted by Gasteiger charge is 2.42. The standard InChI is InChI=1S/C18H17F3N2O2.C10H10F3N.C7H7ClN2O2.ClH/c1-2-25-17(24)11-9-22-16(23-10-11)8-18(4-3-5-18)12-6-14(20)15(21)7-13(12)19;11-7-5-9(13)8(12)4-6(7)10(14)2-1-3-10;1-2-12-6(11)5-3-9-7(8)10-4-5;/h6-7,9-10H,2-5,8H2,1H3;4-5H,1-3,14H2;3-4H,2H2,1H3;1H. The van der Waals surface area contributed by atoms with Crippen molar-refractivity contribution in [1.29, 1.82) is 0 Å². The van der Waals surface area contributed by atoms with Gasteiger partial charge in [0, 0.05) is 59.9 Å².